The Balaban J connectivity index is 1.33. The number of carbonyl (C=O) groups excluding carboxylic acids is 1. The molecule has 1 aromatic heterocycles. The first-order chi connectivity index (χ1) is 12.2. The molecule has 2 aliphatic heterocycles. The van der Waals surface area contributed by atoms with Crippen molar-refractivity contribution in [3.8, 4) is 0 Å². The van der Waals surface area contributed by atoms with Gasteiger partial charge < -0.3 is 9.32 Å². The zero-order valence-corrected chi connectivity index (χ0v) is 14.4. The van der Waals surface area contributed by atoms with Crippen LogP contribution in [0.15, 0.2) is 33.5 Å². The third-order valence-corrected chi connectivity index (χ3v) is 6.55. The molecule has 2 atom stereocenters. The van der Waals surface area contributed by atoms with Gasteiger partial charge in [0.15, 0.2) is 5.58 Å². The van der Waals surface area contributed by atoms with E-state index in [0.29, 0.717) is 30.5 Å². The number of aromatic nitrogens is 1. The van der Waals surface area contributed by atoms with Crippen molar-refractivity contribution in [3.05, 3.63) is 34.8 Å². The number of oxazole rings is 1. The Morgan fingerprint density at radius 3 is 2.56 bits per heavy atom. The second-order valence-corrected chi connectivity index (χ2v) is 8.21. The topological polar surface area (TPSA) is 55.5 Å². The highest BCUT2D eigenvalue weighted by molar-refractivity contribution is 5.77. The summed E-state index contributed by atoms with van der Waals surface area (Å²) in [6.07, 6.45) is 6.75. The fourth-order valence-corrected chi connectivity index (χ4v) is 5.67. The van der Waals surface area contributed by atoms with E-state index in [-0.39, 0.29) is 11.7 Å². The molecule has 132 valence electrons. The Morgan fingerprint density at radius 2 is 1.76 bits per heavy atom. The summed E-state index contributed by atoms with van der Waals surface area (Å²) >= 11 is 0. The summed E-state index contributed by atoms with van der Waals surface area (Å²) in [5, 5.41) is 0. The number of para-hydroxylation sites is 2. The van der Waals surface area contributed by atoms with E-state index in [4.69, 9.17) is 4.42 Å². The van der Waals surface area contributed by atoms with E-state index in [2.05, 4.69) is 4.90 Å². The maximum atomic E-state index is 12.9. The monoisotopic (exact) mass is 340 g/mol. The van der Waals surface area contributed by atoms with Crippen LogP contribution in [0.4, 0.5) is 0 Å². The van der Waals surface area contributed by atoms with Crippen molar-refractivity contribution in [1.82, 2.24) is 9.47 Å². The minimum Gasteiger partial charge on any atom is -0.408 e. The number of fused-ring (bicyclic) bond motifs is 2. The number of amides is 1. The van der Waals surface area contributed by atoms with Gasteiger partial charge in [0.1, 0.15) is 0 Å². The van der Waals surface area contributed by atoms with Crippen molar-refractivity contribution >= 4 is 17.0 Å². The van der Waals surface area contributed by atoms with Gasteiger partial charge in [-0.1, -0.05) is 12.1 Å². The van der Waals surface area contributed by atoms with Crippen LogP contribution in [-0.4, -0.2) is 28.0 Å². The lowest BCUT2D eigenvalue weighted by molar-refractivity contribution is -0.134. The molecule has 0 N–H and O–H groups in total. The lowest BCUT2D eigenvalue weighted by atomic mass is 9.68. The molecule has 1 amide bonds. The lowest BCUT2D eigenvalue weighted by Crippen LogP contribution is -2.42. The summed E-state index contributed by atoms with van der Waals surface area (Å²) in [6, 6.07) is 7.83. The van der Waals surface area contributed by atoms with Crippen LogP contribution < -0.4 is 5.76 Å². The Morgan fingerprint density at radius 1 is 1.04 bits per heavy atom. The van der Waals surface area contributed by atoms with E-state index in [1.165, 1.54) is 32.1 Å². The molecule has 25 heavy (non-hydrogen) atoms. The summed E-state index contributed by atoms with van der Waals surface area (Å²) < 4.78 is 6.86. The number of nitrogens with zero attached hydrogens (tertiary/aromatic N) is 2. The molecule has 2 unspecified atom stereocenters. The largest absolute Gasteiger partial charge is 0.419 e. The predicted octanol–water partition coefficient (Wildman–Crippen LogP) is 3.02. The van der Waals surface area contributed by atoms with Gasteiger partial charge in [-0.2, -0.15) is 0 Å². The van der Waals surface area contributed by atoms with Gasteiger partial charge in [0.2, 0.25) is 5.91 Å². The molecule has 5 nitrogen and oxygen atoms in total. The first-order valence-corrected chi connectivity index (χ1v) is 9.55. The van der Waals surface area contributed by atoms with Gasteiger partial charge in [-0.05, 0) is 62.0 Å². The van der Waals surface area contributed by atoms with Gasteiger partial charge in [0, 0.05) is 25.6 Å². The molecule has 4 bridgehead atoms. The van der Waals surface area contributed by atoms with E-state index in [1.807, 2.05) is 18.2 Å². The Hall–Kier alpha value is -2.04. The number of rotatable bonds is 3. The van der Waals surface area contributed by atoms with Gasteiger partial charge in [0.25, 0.3) is 0 Å². The summed E-state index contributed by atoms with van der Waals surface area (Å²) in [4.78, 5) is 27.2. The summed E-state index contributed by atoms with van der Waals surface area (Å²) in [5.74, 6) is 2.19. The van der Waals surface area contributed by atoms with Crippen LogP contribution in [-0.2, 0) is 11.3 Å². The van der Waals surface area contributed by atoms with Gasteiger partial charge in [-0.25, -0.2) is 4.79 Å². The highest BCUT2D eigenvalue weighted by Gasteiger charge is 2.43. The van der Waals surface area contributed by atoms with E-state index >= 15 is 0 Å². The highest BCUT2D eigenvalue weighted by Crippen LogP contribution is 2.47. The molecular weight excluding hydrogens is 316 g/mol. The van der Waals surface area contributed by atoms with Gasteiger partial charge in [-0.15, -0.1) is 0 Å². The second-order valence-electron chi connectivity index (χ2n) is 8.21. The molecule has 5 heteroatoms. The smallest absolute Gasteiger partial charge is 0.408 e. The molecule has 2 saturated carbocycles. The highest BCUT2D eigenvalue weighted by atomic mass is 16.4. The fourth-order valence-electron chi connectivity index (χ4n) is 5.67. The van der Waals surface area contributed by atoms with Crippen LogP contribution in [0.3, 0.4) is 0 Å². The van der Waals surface area contributed by atoms with Crippen LogP contribution in [0.2, 0.25) is 0 Å². The van der Waals surface area contributed by atoms with Crippen molar-refractivity contribution in [2.24, 2.45) is 17.8 Å². The number of aryl methyl sites for hydroxylation is 1. The molecular formula is C20H24N2O3. The maximum absolute atomic E-state index is 12.9. The zero-order valence-electron chi connectivity index (χ0n) is 14.4. The van der Waals surface area contributed by atoms with Crippen LogP contribution in [0.1, 0.15) is 38.5 Å². The number of carbonyl (C=O) groups is 1. The van der Waals surface area contributed by atoms with Crippen LogP contribution in [0.25, 0.3) is 11.1 Å². The molecule has 6 rings (SSSR count). The van der Waals surface area contributed by atoms with Crippen molar-refractivity contribution in [2.45, 2.75) is 51.1 Å². The molecule has 2 aromatic rings. The minimum atomic E-state index is -0.371. The quantitative estimate of drug-likeness (QED) is 0.863. The first-order valence-electron chi connectivity index (χ1n) is 9.55. The van der Waals surface area contributed by atoms with E-state index in [0.717, 1.165) is 23.9 Å². The van der Waals surface area contributed by atoms with Gasteiger partial charge in [0.05, 0.1) is 5.52 Å². The fraction of sp³-hybridized carbons (Fsp3) is 0.600. The van der Waals surface area contributed by atoms with Crippen molar-refractivity contribution in [1.29, 1.82) is 0 Å². The summed E-state index contributed by atoms with van der Waals surface area (Å²) in [6.45, 7) is 1.33. The predicted molar refractivity (Wildman–Crippen MR) is 94.1 cm³/mol. The van der Waals surface area contributed by atoms with Gasteiger partial charge >= 0.3 is 5.76 Å². The molecule has 2 saturated heterocycles. The average Bonchev–Trinajstić information content (AvgIpc) is 2.78. The molecule has 0 spiro atoms. The van der Waals surface area contributed by atoms with Crippen molar-refractivity contribution in [2.75, 3.05) is 6.54 Å². The van der Waals surface area contributed by atoms with Crippen molar-refractivity contribution in [3.63, 3.8) is 0 Å². The van der Waals surface area contributed by atoms with Crippen LogP contribution in [0.5, 0.6) is 0 Å². The second kappa shape index (κ2) is 5.75. The van der Waals surface area contributed by atoms with E-state index in [1.54, 1.807) is 10.6 Å². The van der Waals surface area contributed by atoms with Crippen LogP contribution >= 0.6 is 0 Å². The lowest BCUT2D eigenvalue weighted by Gasteiger charge is -2.39. The van der Waals surface area contributed by atoms with Crippen molar-refractivity contribution < 1.29 is 9.21 Å². The Bertz CT molecular complexity index is 853. The molecule has 1 aromatic carbocycles. The van der Waals surface area contributed by atoms with Gasteiger partial charge in [-0.3, -0.25) is 9.36 Å². The number of hydrogen-bond donors (Lipinski definition) is 0. The molecule has 4 aliphatic rings. The van der Waals surface area contributed by atoms with E-state index in [9.17, 15) is 9.59 Å². The number of hydrogen-bond acceptors (Lipinski definition) is 3. The third-order valence-electron chi connectivity index (χ3n) is 6.55. The summed E-state index contributed by atoms with van der Waals surface area (Å²) in [5.41, 5.74) is 1.36. The third kappa shape index (κ3) is 2.60. The summed E-state index contributed by atoms with van der Waals surface area (Å²) in [7, 11) is 0. The Labute approximate surface area is 146 Å². The van der Waals surface area contributed by atoms with Crippen LogP contribution in [0, 0.1) is 17.8 Å². The molecule has 3 heterocycles. The minimum absolute atomic E-state index is 0.204. The first kappa shape index (κ1) is 15.2. The SMILES string of the molecule is O=C(CCn1c(=O)oc2ccccc21)N1CC2CC3CC(C2)CC1C3. The Kier molecular flexibility index (Phi) is 3.50. The molecule has 0 radical (unpaired) electrons. The standard InChI is InChI=1S/C20H24N2O3/c23-19(5-6-21-17-3-1-2-4-18(17)25-20(21)24)22-12-15-8-13-7-14(9-15)11-16(22)10-13/h1-4,13-16H,5-12H2. The average molecular weight is 340 g/mol. The zero-order chi connectivity index (χ0) is 17.0. The molecule has 2 aliphatic carbocycles. The normalized spacial score (nSPS) is 30.8. The maximum Gasteiger partial charge on any atom is 0.419 e. The number of benzene rings is 1. The molecule has 4 fully saturated rings. The van der Waals surface area contributed by atoms with E-state index < -0.39 is 0 Å².